The third kappa shape index (κ3) is 2.60. The summed E-state index contributed by atoms with van der Waals surface area (Å²) in [5, 5.41) is 15.6. The largest absolute Gasteiger partial charge is 0.379 e. The van der Waals surface area contributed by atoms with E-state index < -0.39 is 5.60 Å². The van der Waals surface area contributed by atoms with Gasteiger partial charge in [-0.3, -0.25) is 0 Å². The number of hydrogen-bond acceptors (Lipinski definition) is 2. The third-order valence-electron chi connectivity index (χ3n) is 5.79. The first-order valence-corrected chi connectivity index (χ1v) is 8.88. The molecule has 0 bridgehead atoms. The van der Waals surface area contributed by atoms with Crippen molar-refractivity contribution in [2.75, 3.05) is 0 Å². The van der Waals surface area contributed by atoms with E-state index in [-0.39, 0.29) is 6.04 Å². The van der Waals surface area contributed by atoms with Crippen molar-refractivity contribution < 1.29 is 5.11 Å². The van der Waals surface area contributed by atoms with Gasteiger partial charge < -0.3 is 10.4 Å². The average Bonchev–Trinajstić information content (AvgIpc) is 3.07. The maximum atomic E-state index is 11.8. The molecule has 1 saturated heterocycles. The minimum absolute atomic E-state index is 0.0837. The number of hydrogen-bond donors (Lipinski definition) is 2. The fourth-order valence-corrected chi connectivity index (χ4v) is 4.58. The van der Waals surface area contributed by atoms with Crippen molar-refractivity contribution in [3.63, 3.8) is 0 Å². The van der Waals surface area contributed by atoms with Gasteiger partial charge in [0.15, 0.2) is 0 Å². The molecule has 2 aliphatic rings. The van der Waals surface area contributed by atoms with Crippen LogP contribution in [0.4, 0.5) is 0 Å². The van der Waals surface area contributed by atoms with Gasteiger partial charge in [0.1, 0.15) is 5.60 Å². The van der Waals surface area contributed by atoms with Gasteiger partial charge in [0.25, 0.3) is 0 Å². The van der Waals surface area contributed by atoms with Crippen LogP contribution in [0.25, 0.3) is 0 Å². The summed E-state index contributed by atoms with van der Waals surface area (Å²) in [6, 6.07) is 21.0. The van der Waals surface area contributed by atoms with Crippen molar-refractivity contribution in [2.45, 2.75) is 49.8 Å². The minimum atomic E-state index is -0.958. The monoisotopic (exact) mass is 307 g/mol. The number of rotatable bonds is 3. The molecule has 2 heteroatoms. The summed E-state index contributed by atoms with van der Waals surface area (Å²) < 4.78 is 0. The van der Waals surface area contributed by atoms with Gasteiger partial charge in [0, 0.05) is 12.1 Å². The Bertz CT molecular complexity index is 586. The zero-order chi connectivity index (χ0) is 15.7. The van der Waals surface area contributed by atoms with Crippen LogP contribution in [0.1, 0.15) is 43.2 Å². The maximum Gasteiger partial charge on any atom is 0.130 e. The second-order valence-electron chi connectivity index (χ2n) is 7.10. The van der Waals surface area contributed by atoms with Crippen LogP contribution in [0.5, 0.6) is 0 Å². The molecule has 0 aromatic heterocycles. The summed E-state index contributed by atoms with van der Waals surface area (Å²) in [5.41, 5.74) is 1.02. The summed E-state index contributed by atoms with van der Waals surface area (Å²) in [6.07, 6.45) is 6.26. The van der Waals surface area contributed by atoms with Crippen molar-refractivity contribution in [1.82, 2.24) is 5.32 Å². The molecule has 23 heavy (non-hydrogen) atoms. The van der Waals surface area contributed by atoms with Gasteiger partial charge >= 0.3 is 0 Å². The fourth-order valence-electron chi connectivity index (χ4n) is 4.58. The van der Waals surface area contributed by atoms with Crippen LogP contribution >= 0.6 is 0 Å². The average molecular weight is 307 g/mol. The Balaban J connectivity index is 1.74. The van der Waals surface area contributed by atoms with Gasteiger partial charge in [-0.1, -0.05) is 73.5 Å². The molecular weight excluding hydrogens is 282 g/mol. The Hall–Kier alpha value is -1.64. The summed E-state index contributed by atoms with van der Waals surface area (Å²) in [7, 11) is 0. The van der Waals surface area contributed by atoms with Crippen molar-refractivity contribution >= 4 is 0 Å². The molecule has 0 spiro atoms. The lowest BCUT2D eigenvalue weighted by Crippen LogP contribution is -2.48. The van der Waals surface area contributed by atoms with Crippen molar-refractivity contribution in [1.29, 1.82) is 0 Å². The van der Waals surface area contributed by atoms with E-state index in [1.54, 1.807) is 0 Å². The lowest BCUT2D eigenvalue weighted by Gasteiger charge is -2.36. The predicted octanol–water partition coefficient (Wildman–Crippen LogP) is 3.84. The smallest absolute Gasteiger partial charge is 0.130 e. The van der Waals surface area contributed by atoms with E-state index in [9.17, 15) is 5.11 Å². The van der Waals surface area contributed by atoms with E-state index in [0.717, 1.165) is 17.5 Å². The van der Waals surface area contributed by atoms with E-state index in [0.29, 0.717) is 12.0 Å². The minimum Gasteiger partial charge on any atom is -0.379 e. The van der Waals surface area contributed by atoms with Crippen molar-refractivity contribution in [3.05, 3.63) is 71.8 Å². The topological polar surface area (TPSA) is 32.3 Å². The zero-order valence-electron chi connectivity index (χ0n) is 13.5. The van der Waals surface area contributed by atoms with E-state index in [1.165, 1.54) is 25.7 Å². The number of fused-ring (bicyclic) bond motifs is 1. The van der Waals surface area contributed by atoms with Crippen LogP contribution < -0.4 is 5.32 Å². The molecule has 120 valence electrons. The Morgan fingerprint density at radius 1 is 0.826 bits per heavy atom. The van der Waals surface area contributed by atoms with Crippen LogP contribution in [0.3, 0.4) is 0 Å². The highest BCUT2D eigenvalue weighted by Gasteiger charge is 2.47. The Morgan fingerprint density at radius 3 is 1.96 bits per heavy atom. The summed E-state index contributed by atoms with van der Waals surface area (Å²) in [5.74, 6) is 0.715. The predicted molar refractivity (Wildman–Crippen MR) is 93.2 cm³/mol. The number of aliphatic hydroxyl groups is 1. The van der Waals surface area contributed by atoms with E-state index in [4.69, 9.17) is 0 Å². The van der Waals surface area contributed by atoms with E-state index in [2.05, 4.69) is 29.6 Å². The van der Waals surface area contributed by atoms with Gasteiger partial charge in [0.2, 0.25) is 0 Å². The van der Waals surface area contributed by atoms with Crippen molar-refractivity contribution in [2.24, 2.45) is 5.92 Å². The molecule has 2 N–H and O–H groups in total. The molecule has 1 aliphatic carbocycles. The molecule has 3 atom stereocenters. The van der Waals surface area contributed by atoms with Gasteiger partial charge in [-0.15, -0.1) is 0 Å². The van der Waals surface area contributed by atoms with Crippen LogP contribution in [0.2, 0.25) is 0 Å². The van der Waals surface area contributed by atoms with Gasteiger partial charge in [-0.2, -0.15) is 0 Å². The highest BCUT2D eigenvalue weighted by Crippen LogP contribution is 2.42. The quantitative estimate of drug-likeness (QED) is 0.903. The molecule has 2 fully saturated rings. The summed E-state index contributed by atoms with van der Waals surface area (Å²) in [6.45, 7) is 0. The second-order valence-corrected chi connectivity index (χ2v) is 7.10. The molecule has 1 aliphatic heterocycles. The first-order chi connectivity index (χ1) is 11.3. The summed E-state index contributed by atoms with van der Waals surface area (Å²) in [4.78, 5) is 0. The molecule has 4 rings (SSSR count). The highest BCUT2D eigenvalue weighted by molar-refractivity contribution is 5.38. The molecule has 1 saturated carbocycles. The highest BCUT2D eigenvalue weighted by atomic mass is 16.3. The van der Waals surface area contributed by atoms with Gasteiger partial charge in [-0.05, 0) is 36.3 Å². The molecule has 0 radical (unpaired) electrons. The number of benzene rings is 2. The molecular formula is C21H25NO. The van der Waals surface area contributed by atoms with Crippen LogP contribution in [-0.2, 0) is 5.60 Å². The normalized spacial score (nSPS) is 27.6. The standard InChI is InChI=1S/C21H25NO/c23-21(17-10-3-1-4-11-17,18-12-5-2-6-13-18)20-15-16-9-7-8-14-19(16)22-20/h1-6,10-13,16,19-20,22-23H,7-9,14-15H2/t16-,19-,20-/m0/s1. The molecule has 0 amide bonds. The molecule has 1 heterocycles. The van der Waals surface area contributed by atoms with E-state index >= 15 is 0 Å². The maximum absolute atomic E-state index is 11.8. The van der Waals surface area contributed by atoms with Crippen LogP contribution in [-0.4, -0.2) is 17.2 Å². The molecule has 0 unspecified atom stereocenters. The summed E-state index contributed by atoms with van der Waals surface area (Å²) >= 11 is 0. The lowest BCUT2D eigenvalue weighted by molar-refractivity contribution is 0.0418. The van der Waals surface area contributed by atoms with Gasteiger partial charge in [-0.25, -0.2) is 0 Å². The van der Waals surface area contributed by atoms with Crippen LogP contribution in [0.15, 0.2) is 60.7 Å². The first-order valence-electron chi connectivity index (χ1n) is 8.88. The molecule has 2 nitrogen and oxygen atoms in total. The molecule has 2 aromatic carbocycles. The van der Waals surface area contributed by atoms with Gasteiger partial charge in [0.05, 0.1) is 0 Å². The van der Waals surface area contributed by atoms with Crippen LogP contribution in [0, 0.1) is 5.92 Å². The Labute approximate surface area is 138 Å². The van der Waals surface area contributed by atoms with Crippen molar-refractivity contribution in [3.8, 4) is 0 Å². The Morgan fingerprint density at radius 2 is 1.39 bits per heavy atom. The second kappa shape index (κ2) is 6.10. The lowest BCUT2D eigenvalue weighted by atomic mass is 9.77. The number of nitrogens with one attached hydrogen (secondary N) is 1. The van der Waals surface area contributed by atoms with E-state index in [1.807, 2.05) is 36.4 Å². The Kier molecular flexibility index (Phi) is 3.96. The third-order valence-corrected chi connectivity index (χ3v) is 5.79. The SMILES string of the molecule is OC(c1ccccc1)(c1ccccc1)[C@@H]1C[C@@H]2CCCC[C@@H]2N1. The zero-order valence-corrected chi connectivity index (χ0v) is 13.5. The molecule has 2 aromatic rings. The fraction of sp³-hybridized carbons (Fsp3) is 0.429. The first kappa shape index (κ1) is 14.9.